The normalized spacial score (nSPS) is 18.3. The molecule has 2 aromatic rings. The summed E-state index contributed by atoms with van der Waals surface area (Å²) in [4.78, 5) is 18.1. The van der Waals surface area contributed by atoms with Gasteiger partial charge in [-0.3, -0.25) is 0 Å². The summed E-state index contributed by atoms with van der Waals surface area (Å²) in [6.07, 6.45) is -0.927. The van der Waals surface area contributed by atoms with Gasteiger partial charge >= 0.3 is 6.03 Å². The van der Waals surface area contributed by atoms with Crippen LogP contribution >= 0.6 is 11.3 Å². The standard InChI is InChI=1S/C14H21B2F2N5O2S/c1-3-4-7-5-22(12(24)19-7)6-8-9(10(17)18)20-13-23(8)21-11(26-13)14(15,16)25-2/h7,10H,3-6,15-16H2,1-2H3,(H,19,24)/t7-/m1/s1. The number of rotatable bonds is 7. The number of amides is 2. The van der Waals surface area contributed by atoms with Crippen molar-refractivity contribution in [3.8, 4) is 0 Å². The van der Waals surface area contributed by atoms with Crippen molar-refractivity contribution in [1.82, 2.24) is 24.8 Å². The lowest BCUT2D eigenvalue weighted by molar-refractivity contribution is 0.131. The van der Waals surface area contributed by atoms with Crippen molar-refractivity contribution in [3.05, 3.63) is 16.4 Å². The molecule has 0 saturated carbocycles. The summed E-state index contributed by atoms with van der Waals surface area (Å²) in [5.74, 6) is 0. The summed E-state index contributed by atoms with van der Waals surface area (Å²) < 4.78 is 33.8. The van der Waals surface area contributed by atoms with E-state index in [1.54, 1.807) is 7.11 Å². The van der Waals surface area contributed by atoms with Gasteiger partial charge in [0.2, 0.25) is 4.96 Å². The lowest BCUT2D eigenvalue weighted by Crippen LogP contribution is -2.30. The van der Waals surface area contributed by atoms with Crippen LogP contribution in [-0.4, -0.2) is 60.9 Å². The number of hydrogen-bond donors (Lipinski definition) is 1. The molecule has 1 N–H and O–H groups in total. The van der Waals surface area contributed by atoms with Crippen molar-refractivity contribution in [3.63, 3.8) is 0 Å². The van der Waals surface area contributed by atoms with Gasteiger partial charge in [-0.05, 0) is 6.42 Å². The van der Waals surface area contributed by atoms with Crippen LogP contribution in [0.4, 0.5) is 13.6 Å². The van der Waals surface area contributed by atoms with Crippen LogP contribution < -0.4 is 5.32 Å². The van der Waals surface area contributed by atoms with E-state index in [2.05, 4.69) is 15.4 Å². The Bertz CT molecular complexity index is 813. The minimum Gasteiger partial charge on any atom is -0.389 e. The Morgan fingerprint density at radius 3 is 2.85 bits per heavy atom. The number of alkyl halides is 2. The van der Waals surface area contributed by atoms with Crippen LogP contribution in [0.15, 0.2) is 0 Å². The van der Waals surface area contributed by atoms with Gasteiger partial charge in [-0.2, -0.15) is 5.10 Å². The molecule has 0 unspecified atom stereocenters. The molecule has 1 fully saturated rings. The summed E-state index contributed by atoms with van der Waals surface area (Å²) in [5, 5.41) is 7.31. The Morgan fingerprint density at radius 2 is 2.23 bits per heavy atom. The first kappa shape index (κ1) is 19.1. The maximum Gasteiger partial charge on any atom is 0.318 e. The minimum atomic E-state index is -2.73. The molecule has 12 heteroatoms. The van der Waals surface area contributed by atoms with Gasteiger partial charge in [0.05, 0.1) is 17.6 Å². The smallest absolute Gasteiger partial charge is 0.318 e. The van der Waals surface area contributed by atoms with Gasteiger partial charge in [0, 0.05) is 19.7 Å². The Morgan fingerprint density at radius 1 is 1.50 bits per heavy atom. The maximum absolute atomic E-state index is 13.5. The number of aromatic nitrogens is 3. The third kappa shape index (κ3) is 3.44. The van der Waals surface area contributed by atoms with Crippen LogP contribution in [0.25, 0.3) is 4.96 Å². The summed E-state index contributed by atoms with van der Waals surface area (Å²) in [7, 11) is 5.27. The first-order valence-electron chi connectivity index (χ1n) is 8.54. The number of imidazole rings is 1. The molecule has 0 aromatic carbocycles. The van der Waals surface area contributed by atoms with E-state index in [4.69, 9.17) is 4.74 Å². The number of ether oxygens (including phenoxy) is 1. The number of hydrogen-bond acceptors (Lipinski definition) is 5. The van der Waals surface area contributed by atoms with Crippen molar-refractivity contribution in [2.75, 3.05) is 13.7 Å². The van der Waals surface area contributed by atoms with Gasteiger partial charge in [-0.1, -0.05) is 24.7 Å². The molecular formula is C14H21B2F2N5O2S. The molecule has 0 aliphatic carbocycles. The Kier molecular flexibility index (Phi) is 5.25. The second-order valence-corrected chi connectivity index (χ2v) is 7.83. The molecule has 3 heterocycles. The minimum absolute atomic E-state index is 0.0451. The second kappa shape index (κ2) is 7.15. The van der Waals surface area contributed by atoms with Crippen LogP contribution in [0.1, 0.15) is 42.6 Å². The molecule has 0 radical (unpaired) electrons. The lowest BCUT2D eigenvalue weighted by atomic mass is 9.66. The number of carbonyl (C=O) groups is 1. The largest absolute Gasteiger partial charge is 0.389 e. The predicted molar refractivity (Wildman–Crippen MR) is 99.2 cm³/mol. The van der Waals surface area contributed by atoms with Gasteiger partial charge in [0.15, 0.2) is 0 Å². The van der Waals surface area contributed by atoms with Crippen LogP contribution in [0.3, 0.4) is 0 Å². The number of halogens is 2. The zero-order valence-electron chi connectivity index (χ0n) is 15.3. The fraction of sp³-hybridized carbons (Fsp3) is 0.643. The molecule has 26 heavy (non-hydrogen) atoms. The molecule has 0 spiro atoms. The molecule has 140 valence electrons. The SMILES string of the molecule is BC(B)(OC)c1nn2c(CN3C[C@@H](CCC)NC3=O)c(C(F)F)nc2s1. The fourth-order valence-electron chi connectivity index (χ4n) is 2.95. The van der Waals surface area contributed by atoms with E-state index >= 15 is 0 Å². The van der Waals surface area contributed by atoms with Crippen LogP contribution in [0, 0.1) is 0 Å². The highest BCUT2D eigenvalue weighted by molar-refractivity contribution is 7.17. The number of carbonyl (C=O) groups excluding carboxylic acids is 1. The van der Waals surface area contributed by atoms with E-state index in [0.29, 0.717) is 16.5 Å². The van der Waals surface area contributed by atoms with E-state index in [0.717, 1.165) is 12.8 Å². The zero-order chi connectivity index (χ0) is 19.1. The topological polar surface area (TPSA) is 71.8 Å². The van der Waals surface area contributed by atoms with E-state index in [9.17, 15) is 13.6 Å². The van der Waals surface area contributed by atoms with Crippen molar-refractivity contribution in [2.24, 2.45) is 0 Å². The molecule has 2 aromatic heterocycles. The number of fused-ring (bicyclic) bond motifs is 1. The lowest BCUT2D eigenvalue weighted by Gasteiger charge is -2.19. The first-order chi connectivity index (χ1) is 12.3. The molecule has 1 saturated heterocycles. The Labute approximate surface area is 155 Å². The van der Waals surface area contributed by atoms with E-state index < -0.39 is 11.8 Å². The van der Waals surface area contributed by atoms with Crippen LogP contribution in [0.2, 0.25) is 0 Å². The number of nitrogens with one attached hydrogen (secondary N) is 1. The van der Waals surface area contributed by atoms with Crippen molar-refractivity contribution in [1.29, 1.82) is 0 Å². The summed E-state index contributed by atoms with van der Waals surface area (Å²) in [6, 6.07) is -0.198. The number of nitrogens with zero attached hydrogens (tertiary/aromatic N) is 4. The van der Waals surface area contributed by atoms with Crippen molar-refractivity contribution in [2.45, 2.75) is 44.2 Å². The molecule has 1 aliphatic rings. The molecule has 3 rings (SSSR count). The van der Waals surface area contributed by atoms with Gasteiger partial charge in [0.1, 0.15) is 26.4 Å². The molecule has 1 aliphatic heterocycles. The Balaban J connectivity index is 1.95. The monoisotopic (exact) mass is 383 g/mol. The van der Waals surface area contributed by atoms with Gasteiger partial charge in [-0.15, -0.1) is 0 Å². The molecule has 2 amide bonds. The zero-order valence-corrected chi connectivity index (χ0v) is 16.1. The average molecular weight is 383 g/mol. The van der Waals surface area contributed by atoms with E-state index in [1.807, 2.05) is 22.6 Å². The highest BCUT2D eigenvalue weighted by atomic mass is 32.1. The average Bonchev–Trinajstić information content (AvgIpc) is 3.23. The van der Waals surface area contributed by atoms with Gasteiger partial charge < -0.3 is 15.0 Å². The number of urea groups is 1. The first-order valence-corrected chi connectivity index (χ1v) is 9.36. The quantitative estimate of drug-likeness (QED) is 0.705. The molecule has 7 nitrogen and oxygen atoms in total. The maximum atomic E-state index is 13.5. The second-order valence-electron chi connectivity index (χ2n) is 6.88. The highest BCUT2D eigenvalue weighted by Gasteiger charge is 2.33. The predicted octanol–water partition coefficient (Wildman–Crippen LogP) is 0.445. The van der Waals surface area contributed by atoms with Crippen LogP contribution in [0.5, 0.6) is 0 Å². The Hall–Kier alpha value is -1.68. The summed E-state index contributed by atoms with van der Waals surface area (Å²) in [5.41, 5.74) is -0.0750. The van der Waals surface area contributed by atoms with E-state index in [1.165, 1.54) is 20.8 Å². The summed E-state index contributed by atoms with van der Waals surface area (Å²) >= 11 is 1.21. The number of methoxy groups -OCH3 is 1. The van der Waals surface area contributed by atoms with Gasteiger partial charge in [-0.25, -0.2) is 23.1 Å². The van der Waals surface area contributed by atoms with E-state index in [-0.39, 0.29) is 30.0 Å². The highest BCUT2D eigenvalue weighted by Crippen LogP contribution is 2.30. The van der Waals surface area contributed by atoms with Crippen molar-refractivity contribution >= 4 is 38.0 Å². The van der Waals surface area contributed by atoms with Crippen molar-refractivity contribution < 1.29 is 18.3 Å². The van der Waals surface area contributed by atoms with Gasteiger partial charge in [0.25, 0.3) is 6.43 Å². The molecule has 0 bridgehead atoms. The summed E-state index contributed by atoms with van der Waals surface area (Å²) in [6.45, 7) is 2.57. The molecular weight excluding hydrogens is 362 g/mol. The van der Waals surface area contributed by atoms with Crippen LogP contribution in [-0.2, 0) is 16.7 Å². The third-order valence-corrected chi connectivity index (χ3v) is 5.81. The fourth-order valence-corrected chi connectivity index (χ4v) is 3.95. The molecule has 1 atom stereocenters. The third-order valence-electron chi connectivity index (χ3n) is 4.59.